The highest BCUT2D eigenvalue weighted by Crippen LogP contribution is 2.28. The number of esters is 1. The van der Waals surface area contributed by atoms with E-state index in [1.807, 2.05) is 30.3 Å². The first-order valence-electron chi connectivity index (χ1n) is 7.79. The number of carbonyl (C=O) groups excluding carboxylic acids is 1. The van der Waals surface area contributed by atoms with Crippen LogP contribution in [-0.2, 0) is 11.3 Å². The maximum absolute atomic E-state index is 12.7. The number of rotatable bonds is 4. The summed E-state index contributed by atoms with van der Waals surface area (Å²) in [6.07, 6.45) is 0. The van der Waals surface area contributed by atoms with Crippen molar-refractivity contribution in [3.63, 3.8) is 0 Å². The Hall–Kier alpha value is -2.79. The lowest BCUT2D eigenvalue weighted by Gasteiger charge is -2.15. The summed E-state index contributed by atoms with van der Waals surface area (Å²) < 4.78 is 6.40. The third-order valence-electron chi connectivity index (χ3n) is 3.87. The lowest BCUT2D eigenvalue weighted by molar-refractivity contribution is 0.0525. The number of carbonyl (C=O) groups is 1. The van der Waals surface area contributed by atoms with Crippen LogP contribution in [0.15, 0.2) is 53.3 Å². The van der Waals surface area contributed by atoms with Gasteiger partial charge in [-0.25, -0.2) is 4.79 Å². The van der Waals surface area contributed by atoms with Gasteiger partial charge in [0.2, 0.25) is 0 Å². The first kappa shape index (κ1) is 17.0. The van der Waals surface area contributed by atoms with Crippen molar-refractivity contribution in [2.45, 2.75) is 13.5 Å². The number of hydrogen-bond acceptors (Lipinski definition) is 4. The van der Waals surface area contributed by atoms with Gasteiger partial charge in [-0.1, -0.05) is 41.9 Å². The van der Waals surface area contributed by atoms with Crippen LogP contribution in [0.5, 0.6) is 5.75 Å². The van der Waals surface area contributed by atoms with Gasteiger partial charge in [-0.15, -0.1) is 0 Å². The van der Waals surface area contributed by atoms with Crippen molar-refractivity contribution in [1.82, 2.24) is 4.57 Å². The maximum Gasteiger partial charge on any atom is 0.342 e. The first-order valence-corrected chi connectivity index (χ1v) is 8.16. The predicted octanol–water partition coefficient (Wildman–Crippen LogP) is 3.59. The minimum atomic E-state index is -0.753. The number of halogens is 1. The molecule has 25 heavy (non-hydrogen) atoms. The van der Waals surface area contributed by atoms with E-state index >= 15 is 0 Å². The molecule has 0 aliphatic heterocycles. The van der Waals surface area contributed by atoms with Crippen LogP contribution in [0, 0.1) is 0 Å². The average molecular weight is 358 g/mol. The highest BCUT2D eigenvalue weighted by Gasteiger charge is 2.23. The fourth-order valence-corrected chi connectivity index (χ4v) is 2.92. The Morgan fingerprint density at radius 2 is 1.92 bits per heavy atom. The van der Waals surface area contributed by atoms with E-state index in [2.05, 4.69) is 0 Å². The van der Waals surface area contributed by atoms with E-state index in [0.717, 1.165) is 5.56 Å². The van der Waals surface area contributed by atoms with Crippen LogP contribution in [0.4, 0.5) is 0 Å². The summed E-state index contributed by atoms with van der Waals surface area (Å²) in [5, 5.41) is 11.1. The molecule has 6 heteroatoms. The van der Waals surface area contributed by atoms with Crippen LogP contribution in [0.25, 0.3) is 10.9 Å². The Morgan fingerprint density at radius 1 is 1.20 bits per heavy atom. The topological polar surface area (TPSA) is 68.5 Å². The molecular weight excluding hydrogens is 342 g/mol. The zero-order chi connectivity index (χ0) is 18.0. The molecule has 3 rings (SSSR count). The van der Waals surface area contributed by atoms with Gasteiger partial charge in [-0.2, -0.15) is 0 Å². The van der Waals surface area contributed by atoms with Crippen molar-refractivity contribution in [3.05, 3.63) is 75.0 Å². The first-order chi connectivity index (χ1) is 12.0. The number of ether oxygens (including phenoxy) is 1. The van der Waals surface area contributed by atoms with Gasteiger partial charge < -0.3 is 14.4 Å². The zero-order valence-corrected chi connectivity index (χ0v) is 14.3. The summed E-state index contributed by atoms with van der Waals surface area (Å²) in [5.41, 5.74) is 0.582. The second kappa shape index (κ2) is 6.99. The summed E-state index contributed by atoms with van der Waals surface area (Å²) in [7, 11) is 0. The third kappa shape index (κ3) is 3.23. The quantitative estimate of drug-likeness (QED) is 0.724. The molecule has 0 unspecified atom stereocenters. The van der Waals surface area contributed by atoms with Gasteiger partial charge in [0.25, 0.3) is 5.56 Å². The van der Waals surface area contributed by atoms with Gasteiger partial charge >= 0.3 is 5.97 Å². The van der Waals surface area contributed by atoms with Crippen LogP contribution in [0.2, 0.25) is 5.02 Å². The highest BCUT2D eigenvalue weighted by molar-refractivity contribution is 6.31. The molecule has 0 saturated heterocycles. The Morgan fingerprint density at radius 3 is 2.60 bits per heavy atom. The number of hydrogen-bond donors (Lipinski definition) is 1. The van der Waals surface area contributed by atoms with Gasteiger partial charge in [0.15, 0.2) is 5.75 Å². The summed E-state index contributed by atoms with van der Waals surface area (Å²) in [6, 6.07) is 14.2. The normalized spacial score (nSPS) is 10.8. The molecular formula is C19H16ClNO4. The maximum atomic E-state index is 12.7. The second-order valence-corrected chi connectivity index (χ2v) is 5.92. The van der Waals surface area contributed by atoms with Crippen molar-refractivity contribution in [3.8, 4) is 5.75 Å². The van der Waals surface area contributed by atoms with Crippen molar-refractivity contribution < 1.29 is 14.6 Å². The molecule has 0 aliphatic carbocycles. The van der Waals surface area contributed by atoms with Crippen LogP contribution >= 0.6 is 11.6 Å². The molecule has 1 heterocycles. The number of benzene rings is 2. The molecule has 0 aliphatic rings. The summed E-state index contributed by atoms with van der Waals surface area (Å²) >= 11 is 6.06. The largest absolute Gasteiger partial charge is 0.502 e. The fourth-order valence-electron chi connectivity index (χ4n) is 2.75. The summed E-state index contributed by atoms with van der Waals surface area (Å²) in [4.78, 5) is 24.9. The monoisotopic (exact) mass is 357 g/mol. The lowest BCUT2D eigenvalue weighted by atomic mass is 10.1. The van der Waals surface area contributed by atoms with Crippen molar-refractivity contribution in [2.75, 3.05) is 6.61 Å². The summed E-state index contributed by atoms with van der Waals surface area (Å²) in [6.45, 7) is 2.04. The molecule has 1 N–H and O–H groups in total. The minimum absolute atomic E-state index is 0.132. The Bertz CT molecular complexity index is 996. The van der Waals surface area contributed by atoms with Crippen LogP contribution < -0.4 is 5.56 Å². The molecule has 3 aromatic rings. The Kier molecular flexibility index (Phi) is 4.76. The number of aromatic hydroxyl groups is 1. The molecule has 0 bridgehead atoms. The lowest BCUT2D eigenvalue weighted by Crippen LogP contribution is -2.24. The fraction of sp³-hybridized carbons (Fsp3) is 0.158. The van der Waals surface area contributed by atoms with Crippen molar-refractivity contribution in [1.29, 1.82) is 0 Å². The van der Waals surface area contributed by atoms with Gasteiger partial charge in [-0.3, -0.25) is 4.79 Å². The van der Waals surface area contributed by atoms with E-state index in [9.17, 15) is 14.7 Å². The molecule has 1 aromatic heterocycles. The van der Waals surface area contributed by atoms with E-state index in [4.69, 9.17) is 16.3 Å². The highest BCUT2D eigenvalue weighted by atomic mass is 35.5. The van der Waals surface area contributed by atoms with Crippen molar-refractivity contribution in [2.24, 2.45) is 0 Å². The minimum Gasteiger partial charge on any atom is -0.502 e. The number of nitrogens with zero attached hydrogens (tertiary/aromatic N) is 1. The van der Waals surface area contributed by atoms with Gasteiger partial charge in [0.1, 0.15) is 5.56 Å². The van der Waals surface area contributed by atoms with Crippen molar-refractivity contribution >= 4 is 28.5 Å². The molecule has 0 spiro atoms. The Balaban J connectivity index is 2.29. The van der Waals surface area contributed by atoms with E-state index in [0.29, 0.717) is 15.9 Å². The standard InChI is InChI=1S/C19H16ClNO4/c1-2-25-19(24)16-14-10-13(20)8-9-15(14)21(18(23)17(16)22)11-12-6-4-3-5-7-12/h3-10,22H,2,11H2,1H3. The predicted molar refractivity (Wildman–Crippen MR) is 96.4 cm³/mol. The van der Waals surface area contributed by atoms with Crippen LogP contribution in [0.3, 0.4) is 0 Å². The van der Waals surface area contributed by atoms with E-state index in [1.54, 1.807) is 25.1 Å². The SMILES string of the molecule is CCOC(=O)c1c(O)c(=O)n(Cc2ccccc2)c2ccc(Cl)cc12. The molecule has 0 atom stereocenters. The second-order valence-electron chi connectivity index (χ2n) is 5.48. The van der Waals surface area contributed by atoms with E-state index < -0.39 is 17.3 Å². The summed E-state index contributed by atoms with van der Waals surface area (Å²) in [5.74, 6) is -1.39. The third-order valence-corrected chi connectivity index (χ3v) is 4.10. The number of fused-ring (bicyclic) bond motifs is 1. The molecule has 0 saturated carbocycles. The van der Waals surface area contributed by atoms with E-state index in [1.165, 1.54) is 4.57 Å². The molecule has 0 radical (unpaired) electrons. The molecule has 5 nitrogen and oxygen atoms in total. The van der Waals surface area contributed by atoms with Crippen LogP contribution in [0.1, 0.15) is 22.8 Å². The van der Waals surface area contributed by atoms with Gasteiger partial charge in [0, 0.05) is 10.4 Å². The van der Waals surface area contributed by atoms with Crippen LogP contribution in [-0.4, -0.2) is 22.2 Å². The molecule has 0 fully saturated rings. The van der Waals surface area contributed by atoms with E-state index in [-0.39, 0.29) is 18.7 Å². The average Bonchev–Trinajstić information content (AvgIpc) is 2.60. The Labute approximate surface area is 149 Å². The number of aromatic nitrogens is 1. The molecule has 128 valence electrons. The molecule has 2 aromatic carbocycles. The zero-order valence-electron chi connectivity index (χ0n) is 13.5. The van der Waals surface area contributed by atoms with Gasteiger partial charge in [0.05, 0.1) is 18.7 Å². The number of pyridine rings is 1. The smallest absolute Gasteiger partial charge is 0.342 e. The molecule has 0 amide bonds. The van der Waals surface area contributed by atoms with Gasteiger partial charge in [-0.05, 0) is 30.7 Å².